The van der Waals surface area contributed by atoms with Crippen molar-refractivity contribution in [3.63, 3.8) is 0 Å². The quantitative estimate of drug-likeness (QED) is 0.733. The summed E-state index contributed by atoms with van der Waals surface area (Å²) in [5.74, 6) is 0. The van der Waals surface area contributed by atoms with Crippen molar-refractivity contribution < 1.29 is 5.11 Å². The standard InChI is InChI=1S/C11H15NO/c1-9(12)11(13)8-7-10-5-3-2-4-6-10/h2-9,11,13H,12H2,1H3/t9-,11-/m0/s1. The van der Waals surface area contributed by atoms with Crippen molar-refractivity contribution in [2.45, 2.75) is 19.1 Å². The monoisotopic (exact) mass is 177 g/mol. The van der Waals surface area contributed by atoms with E-state index in [-0.39, 0.29) is 6.04 Å². The van der Waals surface area contributed by atoms with E-state index in [4.69, 9.17) is 5.73 Å². The van der Waals surface area contributed by atoms with Gasteiger partial charge in [0.05, 0.1) is 6.10 Å². The largest absolute Gasteiger partial charge is 0.387 e. The van der Waals surface area contributed by atoms with E-state index in [2.05, 4.69) is 0 Å². The molecule has 2 heteroatoms. The predicted molar refractivity (Wildman–Crippen MR) is 55.1 cm³/mol. The Morgan fingerprint density at radius 2 is 1.92 bits per heavy atom. The van der Waals surface area contributed by atoms with Crippen LogP contribution in [0, 0.1) is 0 Å². The molecule has 1 aromatic carbocycles. The summed E-state index contributed by atoms with van der Waals surface area (Å²) in [6.45, 7) is 1.78. The van der Waals surface area contributed by atoms with Gasteiger partial charge in [-0.05, 0) is 12.5 Å². The zero-order valence-electron chi connectivity index (χ0n) is 7.72. The minimum atomic E-state index is -0.569. The second-order valence-corrected chi connectivity index (χ2v) is 3.12. The van der Waals surface area contributed by atoms with Crippen LogP contribution in [0.5, 0.6) is 0 Å². The van der Waals surface area contributed by atoms with Gasteiger partial charge in [0, 0.05) is 6.04 Å². The average Bonchev–Trinajstić information content (AvgIpc) is 2.15. The summed E-state index contributed by atoms with van der Waals surface area (Å²) >= 11 is 0. The molecule has 0 fully saturated rings. The molecule has 70 valence electrons. The third kappa shape index (κ3) is 3.40. The summed E-state index contributed by atoms with van der Waals surface area (Å²) in [6, 6.07) is 9.60. The molecule has 3 N–H and O–H groups in total. The van der Waals surface area contributed by atoms with Crippen LogP contribution >= 0.6 is 0 Å². The number of hydrogen-bond acceptors (Lipinski definition) is 2. The van der Waals surface area contributed by atoms with Gasteiger partial charge >= 0.3 is 0 Å². The van der Waals surface area contributed by atoms with Gasteiger partial charge in [-0.15, -0.1) is 0 Å². The summed E-state index contributed by atoms with van der Waals surface area (Å²) in [5.41, 5.74) is 6.57. The number of nitrogens with two attached hydrogens (primary N) is 1. The minimum Gasteiger partial charge on any atom is -0.387 e. The van der Waals surface area contributed by atoms with Gasteiger partial charge in [0.25, 0.3) is 0 Å². The molecule has 0 amide bonds. The molecular formula is C11H15NO. The average molecular weight is 177 g/mol. The molecule has 2 atom stereocenters. The number of hydrogen-bond donors (Lipinski definition) is 2. The molecule has 0 aliphatic rings. The van der Waals surface area contributed by atoms with Gasteiger partial charge < -0.3 is 10.8 Å². The summed E-state index contributed by atoms with van der Waals surface area (Å²) < 4.78 is 0. The summed E-state index contributed by atoms with van der Waals surface area (Å²) in [6.07, 6.45) is 3.01. The molecule has 0 saturated carbocycles. The fourth-order valence-electron chi connectivity index (χ4n) is 0.949. The molecule has 13 heavy (non-hydrogen) atoms. The van der Waals surface area contributed by atoms with Crippen molar-refractivity contribution in [1.29, 1.82) is 0 Å². The van der Waals surface area contributed by atoms with Gasteiger partial charge in [-0.25, -0.2) is 0 Å². The fourth-order valence-corrected chi connectivity index (χ4v) is 0.949. The first-order valence-electron chi connectivity index (χ1n) is 4.37. The Labute approximate surface area is 78.7 Å². The van der Waals surface area contributed by atoms with Crippen LogP contribution in [0.1, 0.15) is 12.5 Å². The Kier molecular flexibility index (Phi) is 3.68. The summed E-state index contributed by atoms with van der Waals surface area (Å²) in [5, 5.41) is 9.38. The van der Waals surface area contributed by atoms with E-state index in [1.165, 1.54) is 0 Å². The molecule has 0 bridgehead atoms. The van der Waals surface area contributed by atoms with Crippen LogP contribution in [-0.2, 0) is 0 Å². The normalized spacial score (nSPS) is 15.9. The second kappa shape index (κ2) is 4.80. The molecule has 0 aliphatic heterocycles. The van der Waals surface area contributed by atoms with Crippen LogP contribution in [0.25, 0.3) is 6.08 Å². The van der Waals surface area contributed by atoms with Crippen molar-refractivity contribution in [1.82, 2.24) is 0 Å². The van der Waals surface area contributed by atoms with Crippen LogP contribution < -0.4 is 5.73 Å². The Balaban J connectivity index is 2.59. The Hall–Kier alpha value is -1.12. The van der Waals surface area contributed by atoms with E-state index in [0.717, 1.165) is 5.56 Å². The molecular weight excluding hydrogens is 162 g/mol. The van der Waals surface area contributed by atoms with Gasteiger partial charge in [-0.2, -0.15) is 0 Å². The number of benzene rings is 1. The van der Waals surface area contributed by atoms with E-state index >= 15 is 0 Å². The molecule has 0 spiro atoms. The maximum Gasteiger partial charge on any atom is 0.0872 e. The Bertz CT molecular complexity index is 267. The van der Waals surface area contributed by atoms with E-state index in [0.29, 0.717) is 0 Å². The topological polar surface area (TPSA) is 46.2 Å². The smallest absolute Gasteiger partial charge is 0.0872 e. The van der Waals surface area contributed by atoms with Gasteiger partial charge in [0.2, 0.25) is 0 Å². The molecule has 1 rings (SSSR count). The lowest BCUT2D eigenvalue weighted by atomic mass is 10.1. The molecule has 0 unspecified atom stereocenters. The highest BCUT2D eigenvalue weighted by molar-refractivity contribution is 5.49. The molecule has 2 nitrogen and oxygen atoms in total. The van der Waals surface area contributed by atoms with E-state index in [1.807, 2.05) is 36.4 Å². The highest BCUT2D eigenvalue weighted by Gasteiger charge is 2.03. The van der Waals surface area contributed by atoms with Gasteiger partial charge in [-0.1, -0.05) is 42.5 Å². The molecule has 1 aromatic rings. The molecule has 0 aliphatic carbocycles. The van der Waals surface area contributed by atoms with Gasteiger partial charge in [0.1, 0.15) is 0 Å². The highest BCUT2D eigenvalue weighted by Crippen LogP contribution is 2.02. The van der Waals surface area contributed by atoms with Crippen molar-refractivity contribution in [2.24, 2.45) is 5.73 Å². The number of aliphatic hydroxyl groups is 1. The summed E-state index contributed by atoms with van der Waals surface area (Å²) in [7, 11) is 0. The second-order valence-electron chi connectivity index (χ2n) is 3.12. The van der Waals surface area contributed by atoms with E-state index in [9.17, 15) is 5.11 Å². The van der Waals surface area contributed by atoms with E-state index in [1.54, 1.807) is 13.0 Å². The lowest BCUT2D eigenvalue weighted by Gasteiger charge is -2.08. The molecule has 0 heterocycles. The van der Waals surface area contributed by atoms with Crippen molar-refractivity contribution in [2.75, 3.05) is 0 Å². The Morgan fingerprint density at radius 1 is 1.31 bits per heavy atom. The lowest BCUT2D eigenvalue weighted by molar-refractivity contribution is 0.199. The maximum absolute atomic E-state index is 9.38. The first kappa shape index (κ1) is 9.96. The van der Waals surface area contributed by atoms with Crippen LogP contribution in [0.3, 0.4) is 0 Å². The highest BCUT2D eigenvalue weighted by atomic mass is 16.3. The minimum absolute atomic E-state index is 0.222. The zero-order valence-corrected chi connectivity index (χ0v) is 7.72. The van der Waals surface area contributed by atoms with Crippen LogP contribution in [0.2, 0.25) is 0 Å². The summed E-state index contributed by atoms with van der Waals surface area (Å²) in [4.78, 5) is 0. The Morgan fingerprint density at radius 3 is 2.46 bits per heavy atom. The van der Waals surface area contributed by atoms with Crippen LogP contribution in [0.4, 0.5) is 0 Å². The van der Waals surface area contributed by atoms with Crippen LogP contribution in [0.15, 0.2) is 36.4 Å². The van der Waals surface area contributed by atoms with Gasteiger partial charge in [-0.3, -0.25) is 0 Å². The first-order valence-corrected chi connectivity index (χ1v) is 4.37. The lowest BCUT2D eigenvalue weighted by Crippen LogP contribution is -2.29. The van der Waals surface area contributed by atoms with E-state index < -0.39 is 6.10 Å². The van der Waals surface area contributed by atoms with Crippen molar-refractivity contribution in [3.8, 4) is 0 Å². The molecule has 0 saturated heterocycles. The van der Waals surface area contributed by atoms with Gasteiger partial charge in [0.15, 0.2) is 0 Å². The predicted octanol–water partition coefficient (Wildman–Crippen LogP) is 1.41. The first-order chi connectivity index (χ1) is 6.20. The third-order valence-corrected chi connectivity index (χ3v) is 1.82. The SMILES string of the molecule is C[C@H](N)[C@@H](O)C=Cc1ccccc1. The molecule has 0 aromatic heterocycles. The number of rotatable bonds is 3. The number of aliphatic hydroxyl groups excluding tert-OH is 1. The third-order valence-electron chi connectivity index (χ3n) is 1.82. The maximum atomic E-state index is 9.38. The van der Waals surface area contributed by atoms with Crippen LogP contribution in [-0.4, -0.2) is 17.3 Å². The molecule has 0 radical (unpaired) electrons. The van der Waals surface area contributed by atoms with Crippen molar-refractivity contribution >= 4 is 6.08 Å². The fraction of sp³-hybridized carbons (Fsp3) is 0.273. The zero-order chi connectivity index (χ0) is 9.68. The van der Waals surface area contributed by atoms with Crippen molar-refractivity contribution in [3.05, 3.63) is 42.0 Å².